The van der Waals surface area contributed by atoms with Crippen molar-refractivity contribution < 1.29 is 14.3 Å². The molecule has 116 valence electrons. The number of Topliss-reactive ketones (excluding diaryl/α,β-unsaturated/α-hetero) is 1. The number of carbonyl (C=O) groups excluding carboxylic acids is 2. The second-order valence-electron chi connectivity index (χ2n) is 5.41. The predicted octanol–water partition coefficient (Wildman–Crippen LogP) is 1.72. The Morgan fingerprint density at radius 2 is 1.76 bits per heavy atom. The molecule has 1 unspecified atom stereocenters. The lowest BCUT2D eigenvalue weighted by Crippen LogP contribution is -2.44. The third-order valence-corrected chi connectivity index (χ3v) is 3.26. The molecule has 0 heterocycles. The van der Waals surface area contributed by atoms with Crippen LogP contribution in [0.25, 0.3) is 0 Å². The molecule has 0 aliphatic rings. The second kappa shape index (κ2) is 7.78. The van der Waals surface area contributed by atoms with Gasteiger partial charge in [0, 0.05) is 11.6 Å². The van der Waals surface area contributed by atoms with Gasteiger partial charge in [0.05, 0.1) is 19.7 Å². The average Bonchev–Trinajstić information content (AvgIpc) is 2.44. The van der Waals surface area contributed by atoms with E-state index >= 15 is 0 Å². The van der Waals surface area contributed by atoms with Crippen molar-refractivity contribution in [2.45, 2.75) is 32.9 Å². The molecule has 0 aromatic heterocycles. The summed E-state index contributed by atoms with van der Waals surface area (Å²) in [4.78, 5) is 25.8. The Balaban J connectivity index is 2.65. The van der Waals surface area contributed by atoms with Gasteiger partial charge in [-0.05, 0) is 52.1 Å². The minimum Gasteiger partial charge on any atom is -0.497 e. The maximum atomic E-state index is 12.4. The van der Waals surface area contributed by atoms with E-state index < -0.39 is 0 Å². The van der Waals surface area contributed by atoms with Gasteiger partial charge in [-0.25, -0.2) is 0 Å². The van der Waals surface area contributed by atoms with Crippen LogP contribution in [0.1, 0.15) is 31.1 Å². The fraction of sp³-hybridized carbons (Fsp3) is 0.500. The fourth-order valence-electron chi connectivity index (χ4n) is 1.93. The summed E-state index contributed by atoms with van der Waals surface area (Å²) < 4.78 is 5.07. The average molecular weight is 292 g/mol. The predicted molar refractivity (Wildman–Crippen MR) is 82.7 cm³/mol. The lowest BCUT2D eigenvalue weighted by Gasteiger charge is -2.23. The van der Waals surface area contributed by atoms with Crippen LogP contribution in [0.3, 0.4) is 0 Å². The van der Waals surface area contributed by atoms with E-state index in [0.29, 0.717) is 11.3 Å². The van der Waals surface area contributed by atoms with Gasteiger partial charge in [-0.15, -0.1) is 0 Å². The molecule has 0 aliphatic carbocycles. The number of ether oxygens (including phenoxy) is 1. The number of nitrogens with one attached hydrogen (secondary N) is 1. The van der Waals surface area contributed by atoms with E-state index in [9.17, 15) is 9.59 Å². The van der Waals surface area contributed by atoms with E-state index in [-0.39, 0.29) is 30.3 Å². The number of hydrogen-bond donors (Lipinski definition) is 1. The van der Waals surface area contributed by atoms with Gasteiger partial charge in [0.1, 0.15) is 5.75 Å². The molecule has 0 radical (unpaired) electrons. The first-order valence-corrected chi connectivity index (χ1v) is 7.03. The zero-order chi connectivity index (χ0) is 16.0. The van der Waals surface area contributed by atoms with Crippen LogP contribution < -0.4 is 10.1 Å². The highest BCUT2D eigenvalue weighted by Gasteiger charge is 2.21. The van der Waals surface area contributed by atoms with Crippen LogP contribution in [0, 0.1) is 0 Å². The molecule has 1 atom stereocenters. The Bertz CT molecular complexity index is 483. The van der Waals surface area contributed by atoms with E-state index in [1.807, 2.05) is 13.8 Å². The van der Waals surface area contributed by atoms with Crippen LogP contribution >= 0.6 is 0 Å². The topological polar surface area (TPSA) is 58.6 Å². The Morgan fingerprint density at radius 3 is 2.24 bits per heavy atom. The third kappa shape index (κ3) is 5.19. The Labute approximate surface area is 126 Å². The molecule has 0 saturated heterocycles. The van der Waals surface area contributed by atoms with Crippen LogP contribution in [0.4, 0.5) is 0 Å². The molecule has 0 saturated carbocycles. The normalized spacial score (nSPS) is 12.3. The summed E-state index contributed by atoms with van der Waals surface area (Å²) in [7, 11) is 3.35. The Morgan fingerprint density at radius 1 is 1.19 bits per heavy atom. The standard InChI is InChI=1S/C16H24N2O3/c1-11(2)17-15(19)10-18(4)12(3)16(20)13-6-8-14(21-5)9-7-13/h6-9,11-12H,10H2,1-5H3,(H,17,19). The van der Waals surface area contributed by atoms with Crippen molar-refractivity contribution in [3.8, 4) is 5.75 Å². The molecule has 0 aliphatic heterocycles. The van der Waals surface area contributed by atoms with E-state index in [1.54, 1.807) is 50.2 Å². The summed E-state index contributed by atoms with van der Waals surface area (Å²) in [6.45, 7) is 5.81. The molecule has 0 fully saturated rings. The number of rotatable bonds is 7. The van der Waals surface area contributed by atoms with E-state index in [1.165, 1.54) is 0 Å². The minimum atomic E-state index is -0.365. The van der Waals surface area contributed by atoms with Gasteiger partial charge in [-0.2, -0.15) is 0 Å². The molecule has 1 amide bonds. The van der Waals surface area contributed by atoms with E-state index in [2.05, 4.69) is 5.32 Å². The highest BCUT2D eigenvalue weighted by molar-refractivity contribution is 6.00. The molecule has 1 N–H and O–H groups in total. The van der Waals surface area contributed by atoms with Crippen molar-refractivity contribution in [3.05, 3.63) is 29.8 Å². The molecule has 21 heavy (non-hydrogen) atoms. The van der Waals surface area contributed by atoms with Gasteiger partial charge in [-0.3, -0.25) is 14.5 Å². The highest BCUT2D eigenvalue weighted by atomic mass is 16.5. The maximum Gasteiger partial charge on any atom is 0.234 e. The molecule has 0 spiro atoms. The van der Waals surface area contributed by atoms with Gasteiger partial charge in [-0.1, -0.05) is 0 Å². The van der Waals surface area contributed by atoms with Crippen molar-refractivity contribution in [1.29, 1.82) is 0 Å². The molecule has 0 bridgehead atoms. The fourth-order valence-corrected chi connectivity index (χ4v) is 1.93. The molecule has 5 heteroatoms. The number of nitrogens with zero attached hydrogens (tertiary/aromatic N) is 1. The van der Waals surface area contributed by atoms with Crippen molar-refractivity contribution in [2.75, 3.05) is 20.7 Å². The number of carbonyl (C=O) groups is 2. The van der Waals surface area contributed by atoms with Crippen LogP contribution in [0.15, 0.2) is 24.3 Å². The first-order valence-electron chi connectivity index (χ1n) is 7.03. The van der Waals surface area contributed by atoms with Gasteiger partial charge in [0.2, 0.25) is 5.91 Å². The maximum absolute atomic E-state index is 12.4. The van der Waals surface area contributed by atoms with Gasteiger partial charge >= 0.3 is 0 Å². The smallest absolute Gasteiger partial charge is 0.234 e. The number of hydrogen-bond acceptors (Lipinski definition) is 4. The molecule has 1 rings (SSSR count). The summed E-state index contributed by atoms with van der Waals surface area (Å²) >= 11 is 0. The number of ketones is 1. The Hall–Kier alpha value is -1.88. The first kappa shape index (κ1) is 17.2. The van der Waals surface area contributed by atoms with Gasteiger partial charge < -0.3 is 10.1 Å². The largest absolute Gasteiger partial charge is 0.497 e. The van der Waals surface area contributed by atoms with Crippen molar-refractivity contribution >= 4 is 11.7 Å². The van der Waals surface area contributed by atoms with Crippen molar-refractivity contribution in [1.82, 2.24) is 10.2 Å². The number of benzene rings is 1. The lowest BCUT2D eigenvalue weighted by atomic mass is 10.0. The zero-order valence-electron chi connectivity index (χ0n) is 13.3. The molecule has 1 aromatic carbocycles. The summed E-state index contributed by atoms with van der Waals surface area (Å²) in [6.07, 6.45) is 0. The van der Waals surface area contributed by atoms with E-state index in [0.717, 1.165) is 0 Å². The molecular weight excluding hydrogens is 268 g/mol. The molecular formula is C16H24N2O3. The first-order chi connectivity index (χ1) is 9.85. The quantitative estimate of drug-likeness (QED) is 0.778. The van der Waals surface area contributed by atoms with Crippen molar-refractivity contribution in [3.63, 3.8) is 0 Å². The summed E-state index contributed by atoms with van der Waals surface area (Å²) in [6, 6.07) is 6.71. The number of methoxy groups -OCH3 is 1. The minimum absolute atomic E-state index is 0.0162. The van der Waals surface area contributed by atoms with E-state index in [4.69, 9.17) is 4.74 Å². The second-order valence-corrected chi connectivity index (χ2v) is 5.41. The summed E-state index contributed by atoms with van der Waals surface area (Å²) in [5, 5.41) is 2.81. The molecule has 1 aromatic rings. The van der Waals surface area contributed by atoms with Gasteiger partial charge in [0.25, 0.3) is 0 Å². The third-order valence-electron chi connectivity index (χ3n) is 3.26. The number of likely N-dealkylation sites (N-methyl/N-ethyl adjacent to an activating group) is 1. The van der Waals surface area contributed by atoms with Gasteiger partial charge in [0.15, 0.2) is 5.78 Å². The lowest BCUT2D eigenvalue weighted by molar-refractivity contribution is -0.122. The van der Waals surface area contributed by atoms with Crippen LogP contribution in [0.5, 0.6) is 5.75 Å². The molecule has 5 nitrogen and oxygen atoms in total. The van der Waals surface area contributed by atoms with Crippen LogP contribution in [-0.4, -0.2) is 49.4 Å². The SMILES string of the molecule is COc1ccc(C(=O)C(C)N(C)CC(=O)NC(C)C)cc1. The Kier molecular flexibility index (Phi) is 6.37. The number of amides is 1. The van der Waals surface area contributed by atoms with Crippen LogP contribution in [-0.2, 0) is 4.79 Å². The highest BCUT2D eigenvalue weighted by Crippen LogP contribution is 2.14. The van der Waals surface area contributed by atoms with Crippen molar-refractivity contribution in [2.24, 2.45) is 0 Å². The zero-order valence-corrected chi connectivity index (χ0v) is 13.3. The van der Waals surface area contributed by atoms with Crippen LogP contribution in [0.2, 0.25) is 0 Å². The monoisotopic (exact) mass is 292 g/mol. The summed E-state index contributed by atoms with van der Waals surface area (Å²) in [5.41, 5.74) is 0.611. The summed E-state index contributed by atoms with van der Waals surface area (Å²) in [5.74, 6) is 0.614.